The molecule has 4 heterocycles. The van der Waals surface area contributed by atoms with Gasteiger partial charge in [-0.25, -0.2) is 0 Å². The molecule has 28 heavy (non-hydrogen) atoms. The van der Waals surface area contributed by atoms with Crippen molar-refractivity contribution in [2.45, 2.75) is 50.0 Å². The molecule has 2 aromatic rings. The monoisotopic (exact) mass is 381 g/mol. The molecule has 3 N–H and O–H groups in total. The topological polar surface area (TPSA) is 96.9 Å². The van der Waals surface area contributed by atoms with Gasteiger partial charge in [0.05, 0.1) is 0 Å². The van der Waals surface area contributed by atoms with Crippen LogP contribution in [-0.4, -0.2) is 61.2 Å². The molecule has 0 radical (unpaired) electrons. The Hall–Kier alpha value is -2.64. The van der Waals surface area contributed by atoms with Crippen molar-refractivity contribution in [3.8, 4) is 0 Å². The zero-order chi connectivity index (χ0) is 19.8. The SMILES string of the molecule is CC1(C)C=CN2C(=O)C3(O)C(O)CCN3C(=O)[C@@H]2Cc2c1[nH]c1ccccc21. The number of nitrogens with zero attached hydrogens (tertiary/aromatic N) is 2. The number of hydrogen-bond acceptors (Lipinski definition) is 4. The van der Waals surface area contributed by atoms with Gasteiger partial charge in [0.25, 0.3) is 5.91 Å². The van der Waals surface area contributed by atoms with Gasteiger partial charge in [-0.3, -0.25) is 9.59 Å². The van der Waals surface area contributed by atoms with E-state index in [2.05, 4.69) is 4.98 Å². The van der Waals surface area contributed by atoms with Gasteiger partial charge in [-0.05, 0) is 18.1 Å². The fourth-order valence-electron chi connectivity index (χ4n) is 4.83. The largest absolute Gasteiger partial charge is 0.387 e. The molecule has 3 aliphatic rings. The second-order valence-corrected chi connectivity index (χ2v) is 8.51. The van der Waals surface area contributed by atoms with Gasteiger partial charge in [-0.1, -0.05) is 38.1 Å². The first-order valence-electron chi connectivity index (χ1n) is 9.59. The highest BCUT2D eigenvalue weighted by molar-refractivity contribution is 6.01. The van der Waals surface area contributed by atoms with Crippen LogP contribution in [0.15, 0.2) is 36.5 Å². The Labute approximate surface area is 162 Å². The lowest BCUT2D eigenvalue weighted by molar-refractivity contribution is -0.202. The minimum Gasteiger partial charge on any atom is -0.387 e. The third-order valence-corrected chi connectivity index (χ3v) is 6.45. The van der Waals surface area contributed by atoms with E-state index in [-0.39, 0.29) is 18.9 Å². The van der Waals surface area contributed by atoms with Crippen molar-refractivity contribution in [1.82, 2.24) is 14.8 Å². The molecule has 3 atom stereocenters. The van der Waals surface area contributed by atoms with Crippen molar-refractivity contribution < 1.29 is 19.8 Å². The molecule has 2 amide bonds. The summed E-state index contributed by atoms with van der Waals surface area (Å²) in [5.74, 6) is -0.975. The average Bonchev–Trinajstić information content (AvgIpc) is 3.18. The number of fused-ring (bicyclic) bond motifs is 5. The molecule has 7 nitrogen and oxygen atoms in total. The van der Waals surface area contributed by atoms with Crippen molar-refractivity contribution in [2.24, 2.45) is 0 Å². The predicted molar refractivity (Wildman–Crippen MR) is 102 cm³/mol. The normalized spacial score (nSPS) is 31.4. The number of H-pyrrole nitrogens is 1. The number of aromatic amines is 1. The van der Waals surface area contributed by atoms with E-state index in [0.29, 0.717) is 6.42 Å². The van der Waals surface area contributed by atoms with Gasteiger partial charge in [-0.15, -0.1) is 0 Å². The second-order valence-electron chi connectivity index (χ2n) is 8.51. The number of aliphatic hydroxyl groups excluding tert-OH is 1. The van der Waals surface area contributed by atoms with E-state index >= 15 is 0 Å². The second kappa shape index (κ2) is 5.46. The molecule has 146 valence electrons. The molecule has 0 spiro atoms. The zero-order valence-electron chi connectivity index (χ0n) is 15.8. The highest BCUT2D eigenvalue weighted by Gasteiger charge is 2.62. The van der Waals surface area contributed by atoms with Crippen LogP contribution in [0.4, 0.5) is 0 Å². The molecule has 2 fully saturated rings. The number of carbonyl (C=O) groups excluding carboxylic acids is 2. The fraction of sp³-hybridized carbons (Fsp3) is 0.429. The first kappa shape index (κ1) is 17.5. The number of benzene rings is 1. The van der Waals surface area contributed by atoms with E-state index in [1.807, 2.05) is 44.2 Å². The van der Waals surface area contributed by atoms with E-state index in [4.69, 9.17) is 0 Å². The van der Waals surface area contributed by atoms with Crippen LogP contribution >= 0.6 is 0 Å². The first-order chi connectivity index (χ1) is 13.2. The smallest absolute Gasteiger partial charge is 0.283 e. The molecular formula is C21H23N3O4. The lowest BCUT2D eigenvalue weighted by Crippen LogP contribution is -2.71. The van der Waals surface area contributed by atoms with Crippen molar-refractivity contribution in [3.63, 3.8) is 0 Å². The highest BCUT2D eigenvalue weighted by Crippen LogP contribution is 2.40. The Balaban J connectivity index is 1.70. The van der Waals surface area contributed by atoms with Gasteiger partial charge < -0.3 is 25.0 Å². The van der Waals surface area contributed by atoms with Crippen LogP contribution < -0.4 is 0 Å². The summed E-state index contributed by atoms with van der Waals surface area (Å²) in [7, 11) is 0. The number of allylic oxidation sites excluding steroid dienone is 1. The van der Waals surface area contributed by atoms with Crippen LogP contribution in [0.25, 0.3) is 10.9 Å². The molecular weight excluding hydrogens is 358 g/mol. The highest BCUT2D eigenvalue weighted by atomic mass is 16.4. The molecule has 5 rings (SSSR count). The summed E-state index contributed by atoms with van der Waals surface area (Å²) in [5.41, 5.74) is 0.435. The van der Waals surface area contributed by atoms with E-state index in [9.17, 15) is 19.8 Å². The van der Waals surface area contributed by atoms with Crippen LogP contribution in [0.5, 0.6) is 0 Å². The molecule has 3 aliphatic heterocycles. The number of rotatable bonds is 0. The number of nitrogens with one attached hydrogen (secondary N) is 1. The standard InChI is InChI=1S/C21H23N3O4/c1-20(2)8-10-23-15(11-13-12-5-3-4-6-14(12)22-17(13)20)18(26)24-9-7-16(25)21(24,28)19(23)27/h3-6,8,10,15-16,22,25,28H,7,9,11H2,1-2H3/t15-,16?,21?/m0/s1. The fourth-order valence-corrected chi connectivity index (χ4v) is 4.83. The Kier molecular flexibility index (Phi) is 3.40. The Bertz CT molecular complexity index is 1040. The van der Waals surface area contributed by atoms with Crippen LogP contribution in [0.3, 0.4) is 0 Å². The summed E-state index contributed by atoms with van der Waals surface area (Å²) in [6, 6.07) is 7.19. The van der Waals surface area contributed by atoms with Gasteiger partial charge in [0.1, 0.15) is 12.1 Å². The summed E-state index contributed by atoms with van der Waals surface area (Å²) in [5, 5.41) is 22.2. The van der Waals surface area contributed by atoms with E-state index in [1.54, 1.807) is 6.20 Å². The van der Waals surface area contributed by atoms with Gasteiger partial charge in [0, 0.05) is 41.2 Å². The van der Waals surface area contributed by atoms with Crippen molar-refractivity contribution >= 4 is 22.7 Å². The molecule has 0 saturated carbocycles. The molecule has 2 unspecified atom stereocenters. The number of aromatic nitrogens is 1. The summed E-state index contributed by atoms with van der Waals surface area (Å²) in [4.78, 5) is 32.4. The van der Waals surface area contributed by atoms with Crippen molar-refractivity contribution in [1.29, 1.82) is 0 Å². The molecule has 1 aromatic heterocycles. The third-order valence-electron chi connectivity index (χ3n) is 6.45. The molecule has 2 saturated heterocycles. The van der Waals surface area contributed by atoms with E-state index in [0.717, 1.165) is 27.1 Å². The maximum atomic E-state index is 13.2. The number of amides is 2. The lowest BCUT2D eigenvalue weighted by Gasteiger charge is -2.47. The van der Waals surface area contributed by atoms with Crippen molar-refractivity contribution in [3.05, 3.63) is 47.8 Å². The minimum atomic E-state index is -2.18. The predicted octanol–water partition coefficient (Wildman–Crippen LogP) is 1.01. The van der Waals surface area contributed by atoms with Crippen LogP contribution in [0, 0.1) is 0 Å². The van der Waals surface area contributed by atoms with E-state index in [1.165, 1.54) is 4.90 Å². The van der Waals surface area contributed by atoms with Gasteiger partial charge in [0.2, 0.25) is 11.6 Å². The van der Waals surface area contributed by atoms with Crippen molar-refractivity contribution in [2.75, 3.05) is 6.54 Å². The summed E-state index contributed by atoms with van der Waals surface area (Å²) in [6.07, 6.45) is 2.72. The summed E-state index contributed by atoms with van der Waals surface area (Å²) < 4.78 is 0. The maximum absolute atomic E-state index is 13.2. The minimum absolute atomic E-state index is 0.169. The Morgan fingerprint density at radius 2 is 1.96 bits per heavy atom. The number of carbonyl (C=O) groups is 2. The number of piperazine rings is 1. The van der Waals surface area contributed by atoms with E-state index < -0.39 is 29.2 Å². The van der Waals surface area contributed by atoms with Gasteiger partial charge in [0.15, 0.2) is 0 Å². The summed E-state index contributed by atoms with van der Waals surface area (Å²) in [6.45, 7) is 4.25. The Morgan fingerprint density at radius 3 is 2.75 bits per heavy atom. The van der Waals surface area contributed by atoms with Gasteiger partial charge in [-0.2, -0.15) is 0 Å². The van der Waals surface area contributed by atoms with Crippen LogP contribution in [0.2, 0.25) is 0 Å². The molecule has 0 bridgehead atoms. The average molecular weight is 381 g/mol. The molecule has 7 heteroatoms. The third kappa shape index (κ3) is 2.06. The molecule has 1 aromatic carbocycles. The first-order valence-corrected chi connectivity index (χ1v) is 9.59. The molecule has 0 aliphatic carbocycles. The van der Waals surface area contributed by atoms with Crippen LogP contribution in [0.1, 0.15) is 31.5 Å². The van der Waals surface area contributed by atoms with Crippen LogP contribution in [-0.2, 0) is 21.4 Å². The lowest BCUT2D eigenvalue weighted by atomic mass is 9.82. The maximum Gasteiger partial charge on any atom is 0.283 e. The van der Waals surface area contributed by atoms with Gasteiger partial charge >= 0.3 is 0 Å². The number of hydrogen-bond donors (Lipinski definition) is 3. The number of para-hydroxylation sites is 1. The number of aliphatic hydroxyl groups is 2. The summed E-state index contributed by atoms with van der Waals surface area (Å²) >= 11 is 0. The Morgan fingerprint density at radius 1 is 1.21 bits per heavy atom. The quantitative estimate of drug-likeness (QED) is 0.634. The zero-order valence-corrected chi connectivity index (χ0v) is 15.8.